The Morgan fingerprint density at radius 1 is 1.20 bits per heavy atom. The number of likely N-dealkylation sites (N-methyl/N-ethyl adjacent to an activating group) is 1. The first-order valence-electron chi connectivity index (χ1n) is 8.02. The third-order valence-corrected chi connectivity index (χ3v) is 3.64. The molecule has 2 aromatic rings. The summed E-state index contributed by atoms with van der Waals surface area (Å²) in [5, 5.41) is 0. The zero-order chi connectivity index (χ0) is 18.2. The lowest BCUT2D eigenvalue weighted by molar-refractivity contribution is -0.125. The molecule has 5 heteroatoms. The summed E-state index contributed by atoms with van der Waals surface area (Å²) in [4.78, 5) is 13.8. The van der Waals surface area contributed by atoms with Gasteiger partial charge >= 0.3 is 0 Å². The van der Waals surface area contributed by atoms with Crippen LogP contribution in [-0.2, 0) is 11.3 Å². The number of rotatable bonds is 7. The molecule has 1 amide bonds. The Labute approximate surface area is 147 Å². The van der Waals surface area contributed by atoms with Crippen molar-refractivity contribution in [1.29, 1.82) is 0 Å². The van der Waals surface area contributed by atoms with Crippen LogP contribution >= 0.6 is 0 Å². The number of ether oxygens (including phenoxy) is 2. The molecule has 0 saturated heterocycles. The number of halogens is 1. The van der Waals surface area contributed by atoms with Crippen molar-refractivity contribution in [2.75, 3.05) is 20.8 Å². The summed E-state index contributed by atoms with van der Waals surface area (Å²) in [7, 11) is 3.09. The summed E-state index contributed by atoms with van der Waals surface area (Å²) in [6.45, 7) is 2.77. The highest BCUT2D eigenvalue weighted by atomic mass is 19.1. The van der Waals surface area contributed by atoms with Gasteiger partial charge in [-0.05, 0) is 36.8 Å². The van der Waals surface area contributed by atoms with Crippen molar-refractivity contribution in [2.24, 2.45) is 0 Å². The van der Waals surface area contributed by atoms with E-state index >= 15 is 0 Å². The van der Waals surface area contributed by atoms with Gasteiger partial charge in [-0.15, -0.1) is 0 Å². The van der Waals surface area contributed by atoms with Crippen molar-refractivity contribution < 1.29 is 18.7 Å². The smallest absolute Gasteiger partial charge is 0.246 e. The van der Waals surface area contributed by atoms with Gasteiger partial charge in [-0.25, -0.2) is 4.39 Å². The summed E-state index contributed by atoms with van der Waals surface area (Å²) in [6.07, 6.45) is 3.20. The summed E-state index contributed by atoms with van der Waals surface area (Å²) in [5.41, 5.74) is 1.53. The second kappa shape index (κ2) is 8.87. The van der Waals surface area contributed by atoms with Crippen LogP contribution in [0, 0.1) is 5.82 Å². The van der Waals surface area contributed by atoms with E-state index in [1.807, 2.05) is 31.2 Å². The van der Waals surface area contributed by atoms with E-state index in [2.05, 4.69) is 0 Å². The Balaban J connectivity index is 2.04. The molecule has 0 fully saturated rings. The zero-order valence-electron chi connectivity index (χ0n) is 14.7. The predicted octanol–water partition coefficient (Wildman–Crippen LogP) is 3.90. The normalized spacial score (nSPS) is 10.7. The molecule has 25 heavy (non-hydrogen) atoms. The SMILES string of the molecule is CCOc1ccccc1/C=C/C(=O)N(C)Cc1ccc(OC)c(F)c1. The van der Waals surface area contributed by atoms with E-state index < -0.39 is 5.82 Å². The minimum absolute atomic E-state index is 0.178. The Bertz CT molecular complexity index is 758. The van der Waals surface area contributed by atoms with Crippen LogP contribution in [0.1, 0.15) is 18.1 Å². The van der Waals surface area contributed by atoms with Crippen LogP contribution in [0.4, 0.5) is 4.39 Å². The first-order chi connectivity index (χ1) is 12.0. The summed E-state index contributed by atoms with van der Waals surface area (Å²) >= 11 is 0. The maximum Gasteiger partial charge on any atom is 0.246 e. The second-order valence-electron chi connectivity index (χ2n) is 5.47. The topological polar surface area (TPSA) is 38.8 Å². The molecule has 0 radical (unpaired) electrons. The van der Waals surface area contributed by atoms with Crippen LogP contribution in [-0.4, -0.2) is 31.6 Å². The molecule has 0 unspecified atom stereocenters. The minimum atomic E-state index is -0.443. The van der Waals surface area contributed by atoms with E-state index in [9.17, 15) is 9.18 Å². The fourth-order valence-corrected chi connectivity index (χ4v) is 2.35. The molecule has 0 bridgehead atoms. The molecule has 0 aliphatic heterocycles. The van der Waals surface area contributed by atoms with E-state index in [0.717, 1.165) is 11.3 Å². The summed E-state index contributed by atoms with van der Waals surface area (Å²) in [5.74, 6) is 0.295. The average Bonchev–Trinajstić information content (AvgIpc) is 2.61. The van der Waals surface area contributed by atoms with Gasteiger partial charge in [0.2, 0.25) is 5.91 Å². The molecule has 0 spiro atoms. The number of carbonyl (C=O) groups excluding carboxylic acids is 1. The first kappa shape index (κ1) is 18.5. The molecule has 0 aliphatic rings. The van der Waals surface area contributed by atoms with E-state index in [4.69, 9.17) is 9.47 Å². The van der Waals surface area contributed by atoms with Crippen LogP contribution in [0.3, 0.4) is 0 Å². The lowest BCUT2D eigenvalue weighted by Gasteiger charge is -2.16. The maximum atomic E-state index is 13.7. The highest BCUT2D eigenvalue weighted by Crippen LogP contribution is 2.20. The van der Waals surface area contributed by atoms with E-state index in [1.54, 1.807) is 25.3 Å². The van der Waals surface area contributed by atoms with Crippen molar-refractivity contribution >= 4 is 12.0 Å². The zero-order valence-corrected chi connectivity index (χ0v) is 14.7. The standard InChI is InChI=1S/C20H22FNO3/c1-4-25-18-8-6-5-7-16(18)10-12-20(23)22(2)14-15-9-11-19(24-3)17(21)13-15/h5-13H,4,14H2,1-3H3/b12-10+. The number of hydrogen-bond donors (Lipinski definition) is 0. The fraction of sp³-hybridized carbons (Fsp3) is 0.250. The lowest BCUT2D eigenvalue weighted by atomic mass is 10.1. The summed E-state index contributed by atoms with van der Waals surface area (Å²) < 4.78 is 24.2. The van der Waals surface area contributed by atoms with Gasteiger partial charge in [0.05, 0.1) is 13.7 Å². The Morgan fingerprint density at radius 3 is 2.64 bits per heavy atom. The quantitative estimate of drug-likeness (QED) is 0.716. The molecular weight excluding hydrogens is 321 g/mol. The number of hydrogen-bond acceptors (Lipinski definition) is 3. The molecule has 4 nitrogen and oxygen atoms in total. The van der Waals surface area contributed by atoms with E-state index in [0.29, 0.717) is 18.7 Å². The number of benzene rings is 2. The molecule has 0 heterocycles. The number of nitrogens with zero attached hydrogens (tertiary/aromatic N) is 1. The number of carbonyl (C=O) groups is 1. The van der Waals surface area contributed by atoms with Crippen molar-refractivity contribution in [1.82, 2.24) is 4.90 Å². The van der Waals surface area contributed by atoms with E-state index in [1.165, 1.54) is 24.2 Å². The average molecular weight is 343 g/mol. The van der Waals surface area contributed by atoms with Crippen LogP contribution in [0.5, 0.6) is 11.5 Å². The molecule has 0 aliphatic carbocycles. The number of methoxy groups -OCH3 is 1. The van der Waals surface area contributed by atoms with Crippen molar-refractivity contribution in [2.45, 2.75) is 13.5 Å². The van der Waals surface area contributed by atoms with Crippen LogP contribution in [0.2, 0.25) is 0 Å². The van der Waals surface area contributed by atoms with Gasteiger partial charge in [-0.1, -0.05) is 24.3 Å². The molecule has 0 aromatic heterocycles. The highest BCUT2D eigenvalue weighted by Gasteiger charge is 2.09. The highest BCUT2D eigenvalue weighted by molar-refractivity contribution is 5.92. The molecule has 0 atom stereocenters. The van der Waals surface area contributed by atoms with Crippen LogP contribution in [0.15, 0.2) is 48.5 Å². The molecule has 2 aromatic carbocycles. The molecule has 0 saturated carbocycles. The molecule has 0 N–H and O–H groups in total. The maximum absolute atomic E-state index is 13.7. The number of para-hydroxylation sites is 1. The minimum Gasteiger partial charge on any atom is -0.494 e. The fourth-order valence-electron chi connectivity index (χ4n) is 2.35. The third-order valence-electron chi connectivity index (χ3n) is 3.64. The van der Waals surface area contributed by atoms with Crippen molar-refractivity contribution in [3.8, 4) is 11.5 Å². The van der Waals surface area contributed by atoms with Gasteiger partial charge < -0.3 is 14.4 Å². The van der Waals surface area contributed by atoms with Gasteiger partial charge in [0.1, 0.15) is 5.75 Å². The van der Waals surface area contributed by atoms with Crippen molar-refractivity contribution in [3.05, 3.63) is 65.5 Å². The lowest BCUT2D eigenvalue weighted by Crippen LogP contribution is -2.24. The van der Waals surface area contributed by atoms with Crippen LogP contribution < -0.4 is 9.47 Å². The second-order valence-corrected chi connectivity index (χ2v) is 5.47. The summed E-state index contributed by atoms with van der Waals surface area (Å²) in [6, 6.07) is 12.2. The van der Waals surface area contributed by atoms with Gasteiger partial charge in [-0.2, -0.15) is 0 Å². The van der Waals surface area contributed by atoms with Gasteiger partial charge in [-0.3, -0.25) is 4.79 Å². The Hall–Kier alpha value is -2.82. The predicted molar refractivity (Wildman–Crippen MR) is 96.1 cm³/mol. The Kier molecular flexibility index (Phi) is 6.57. The monoisotopic (exact) mass is 343 g/mol. The first-order valence-corrected chi connectivity index (χ1v) is 8.02. The van der Waals surface area contributed by atoms with Gasteiger partial charge in [0.15, 0.2) is 11.6 Å². The third kappa shape index (κ3) is 5.08. The Morgan fingerprint density at radius 2 is 1.96 bits per heavy atom. The van der Waals surface area contributed by atoms with Crippen molar-refractivity contribution in [3.63, 3.8) is 0 Å². The van der Waals surface area contributed by atoms with Gasteiger partial charge in [0, 0.05) is 25.2 Å². The van der Waals surface area contributed by atoms with E-state index in [-0.39, 0.29) is 11.7 Å². The largest absolute Gasteiger partial charge is 0.494 e. The molecule has 132 valence electrons. The van der Waals surface area contributed by atoms with Gasteiger partial charge in [0.25, 0.3) is 0 Å². The number of amides is 1. The molecular formula is C20H22FNO3. The van der Waals surface area contributed by atoms with Crippen LogP contribution in [0.25, 0.3) is 6.08 Å². The molecule has 2 rings (SSSR count).